The summed E-state index contributed by atoms with van der Waals surface area (Å²) in [4.78, 5) is 23.7. The van der Waals surface area contributed by atoms with Gasteiger partial charge >= 0.3 is 5.97 Å². The minimum Gasteiger partial charge on any atom is -0.492 e. The third-order valence-electron chi connectivity index (χ3n) is 4.79. The zero-order chi connectivity index (χ0) is 19.8. The summed E-state index contributed by atoms with van der Waals surface area (Å²) in [5.74, 6) is -1.36. The molecule has 2 aromatic carbocycles. The Bertz CT molecular complexity index is 928. The van der Waals surface area contributed by atoms with Crippen LogP contribution in [0, 0.1) is 5.82 Å². The third-order valence-corrected chi connectivity index (χ3v) is 5.64. The lowest BCUT2D eigenvalue weighted by Crippen LogP contribution is -2.30. The van der Waals surface area contributed by atoms with E-state index in [1.165, 1.54) is 6.07 Å². The van der Waals surface area contributed by atoms with E-state index in [0.29, 0.717) is 17.5 Å². The van der Waals surface area contributed by atoms with Crippen LogP contribution in [-0.2, 0) is 16.6 Å². The lowest BCUT2D eigenvalue weighted by Gasteiger charge is -2.23. The molecule has 7 heteroatoms. The maximum atomic E-state index is 14.3. The number of carboxylic acid groups (broad SMARTS) is 1. The number of ether oxygens (including phenoxy) is 1. The van der Waals surface area contributed by atoms with Crippen molar-refractivity contribution in [1.29, 1.82) is 0 Å². The smallest absolute Gasteiger partial charge is 0.303 e. The molecular weight excluding hydrogens is 394 g/mol. The number of fused-ring (bicyclic) bond motifs is 1. The Balaban J connectivity index is 1.93. The molecule has 1 aliphatic rings. The fourth-order valence-corrected chi connectivity index (χ4v) is 3.92. The Labute approximate surface area is 165 Å². The number of benzene rings is 2. The standard InChI is InChI=1S/C20H17Cl2FO4/c1-20(12-5-2-3-6-13(12)23)10-11-9-14(27-8-4-7-15(24)25)17(21)18(22)16(11)19(20)26/h2-3,5-6,9H,4,7-8,10H2,1H3,(H,24,25). The molecule has 1 unspecified atom stereocenters. The van der Waals surface area contributed by atoms with Gasteiger partial charge in [0.15, 0.2) is 5.78 Å². The van der Waals surface area contributed by atoms with E-state index in [1.807, 2.05) is 0 Å². The first-order valence-electron chi connectivity index (χ1n) is 8.41. The Kier molecular flexibility index (Phi) is 5.45. The molecule has 1 atom stereocenters. The average molecular weight is 411 g/mol. The topological polar surface area (TPSA) is 63.6 Å². The summed E-state index contributed by atoms with van der Waals surface area (Å²) in [6.07, 6.45) is 0.552. The van der Waals surface area contributed by atoms with Crippen molar-refractivity contribution in [2.24, 2.45) is 0 Å². The monoisotopic (exact) mass is 410 g/mol. The SMILES string of the molecule is CC1(c2ccccc2F)Cc2cc(OCCCC(=O)O)c(Cl)c(Cl)c2C1=O. The zero-order valence-electron chi connectivity index (χ0n) is 14.5. The maximum Gasteiger partial charge on any atom is 0.303 e. The van der Waals surface area contributed by atoms with E-state index in [4.69, 9.17) is 33.0 Å². The molecule has 3 rings (SSSR count). The molecule has 0 aromatic heterocycles. The maximum absolute atomic E-state index is 14.3. The largest absolute Gasteiger partial charge is 0.492 e. The summed E-state index contributed by atoms with van der Waals surface area (Å²) in [5.41, 5.74) is 0.142. The fourth-order valence-electron chi connectivity index (χ4n) is 3.41. The first-order valence-corrected chi connectivity index (χ1v) is 9.16. The molecule has 4 nitrogen and oxygen atoms in total. The molecule has 27 heavy (non-hydrogen) atoms. The predicted molar refractivity (Wildman–Crippen MR) is 101 cm³/mol. The fraction of sp³-hybridized carbons (Fsp3) is 0.300. The van der Waals surface area contributed by atoms with Gasteiger partial charge in [-0.05, 0) is 37.5 Å². The lowest BCUT2D eigenvalue weighted by atomic mass is 9.78. The average Bonchev–Trinajstić information content (AvgIpc) is 2.87. The van der Waals surface area contributed by atoms with Gasteiger partial charge in [0.2, 0.25) is 0 Å². The van der Waals surface area contributed by atoms with Crippen LogP contribution in [0.2, 0.25) is 10.0 Å². The second-order valence-corrected chi connectivity index (χ2v) is 7.46. The number of rotatable bonds is 6. The van der Waals surface area contributed by atoms with Gasteiger partial charge in [-0.3, -0.25) is 9.59 Å². The van der Waals surface area contributed by atoms with Crippen molar-refractivity contribution in [1.82, 2.24) is 0 Å². The van der Waals surface area contributed by atoms with Gasteiger partial charge in [0.05, 0.1) is 17.0 Å². The quantitative estimate of drug-likeness (QED) is 0.674. The molecule has 0 saturated carbocycles. The van der Waals surface area contributed by atoms with Crippen LogP contribution < -0.4 is 4.74 Å². The summed E-state index contributed by atoms with van der Waals surface area (Å²) in [5, 5.41) is 8.85. The highest BCUT2D eigenvalue weighted by atomic mass is 35.5. The van der Waals surface area contributed by atoms with Crippen LogP contribution in [0.15, 0.2) is 30.3 Å². The van der Waals surface area contributed by atoms with Crippen molar-refractivity contribution in [3.8, 4) is 5.75 Å². The zero-order valence-corrected chi connectivity index (χ0v) is 16.0. The predicted octanol–water partition coefficient (Wildman–Crippen LogP) is 5.07. The van der Waals surface area contributed by atoms with Gasteiger partial charge in [0.1, 0.15) is 16.6 Å². The van der Waals surface area contributed by atoms with Crippen LogP contribution in [0.4, 0.5) is 4.39 Å². The highest BCUT2D eigenvalue weighted by Gasteiger charge is 2.46. The Morgan fingerprint density at radius 1 is 1.30 bits per heavy atom. The molecule has 0 radical (unpaired) electrons. The van der Waals surface area contributed by atoms with Crippen LogP contribution in [-0.4, -0.2) is 23.5 Å². The van der Waals surface area contributed by atoms with E-state index in [-0.39, 0.29) is 46.6 Å². The Morgan fingerprint density at radius 3 is 2.67 bits per heavy atom. The summed E-state index contributed by atoms with van der Waals surface area (Å²) >= 11 is 12.6. The van der Waals surface area contributed by atoms with Gasteiger partial charge in [-0.15, -0.1) is 0 Å². The number of aliphatic carboxylic acids is 1. The molecule has 0 spiro atoms. The van der Waals surface area contributed by atoms with E-state index in [1.54, 1.807) is 31.2 Å². The highest BCUT2D eigenvalue weighted by Crippen LogP contribution is 2.47. The van der Waals surface area contributed by atoms with Crippen LogP contribution >= 0.6 is 23.2 Å². The molecule has 0 heterocycles. The van der Waals surface area contributed by atoms with Gasteiger partial charge in [0.25, 0.3) is 0 Å². The first kappa shape index (κ1) is 19.6. The molecule has 0 bridgehead atoms. The van der Waals surface area contributed by atoms with Gasteiger partial charge in [-0.25, -0.2) is 4.39 Å². The van der Waals surface area contributed by atoms with Crippen molar-refractivity contribution < 1.29 is 23.8 Å². The minimum absolute atomic E-state index is 0.0276. The van der Waals surface area contributed by atoms with Crippen molar-refractivity contribution in [2.45, 2.75) is 31.6 Å². The Morgan fingerprint density at radius 2 is 2.00 bits per heavy atom. The van der Waals surface area contributed by atoms with Gasteiger partial charge < -0.3 is 9.84 Å². The second kappa shape index (κ2) is 7.49. The molecule has 2 aromatic rings. The number of carbonyl (C=O) groups is 2. The molecule has 0 fully saturated rings. The number of hydrogen-bond donors (Lipinski definition) is 1. The molecule has 1 aliphatic carbocycles. The van der Waals surface area contributed by atoms with E-state index >= 15 is 0 Å². The minimum atomic E-state index is -1.08. The summed E-state index contributed by atoms with van der Waals surface area (Å²) in [7, 11) is 0. The molecule has 0 aliphatic heterocycles. The van der Waals surface area contributed by atoms with Crippen molar-refractivity contribution in [2.75, 3.05) is 6.61 Å². The summed E-state index contributed by atoms with van der Waals surface area (Å²) < 4.78 is 19.9. The number of carboxylic acids is 1. The second-order valence-electron chi connectivity index (χ2n) is 6.70. The highest BCUT2D eigenvalue weighted by molar-refractivity contribution is 6.45. The molecule has 0 saturated heterocycles. The number of hydrogen-bond acceptors (Lipinski definition) is 3. The number of halogens is 3. The van der Waals surface area contributed by atoms with Gasteiger partial charge in [0, 0.05) is 17.5 Å². The van der Waals surface area contributed by atoms with E-state index in [0.717, 1.165) is 0 Å². The van der Waals surface area contributed by atoms with Crippen molar-refractivity contribution in [3.05, 3.63) is 62.9 Å². The van der Waals surface area contributed by atoms with Crippen molar-refractivity contribution in [3.63, 3.8) is 0 Å². The van der Waals surface area contributed by atoms with E-state index in [2.05, 4.69) is 0 Å². The van der Waals surface area contributed by atoms with Crippen LogP contribution in [0.1, 0.15) is 41.3 Å². The summed E-state index contributed by atoms with van der Waals surface area (Å²) in [6, 6.07) is 7.81. The molecule has 142 valence electrons. The van der Waals surface area contributed by atoms with Gasteiger partial charge in [-0.2, -0.15) is 0 Å². The Hall–Kier alpha value is -2.11. The van der Waals surface area contributed by atoms with Crippen LogP contribution in [0.3, 0.4) is 0 Å². The van der Waals surface area contributed by atoms with Crippen molar-refractivity contribution >= 4 is 35.0 Å². The number of carbonyl (C=O) groups excluding carboxylic acids is 1. The van der Waals surface area contributed by atoms with E-state index in [9.17, 15) is 14.0 Å². The van der Waals surface area contributed by atoms with Crippen LogP contribution in [0.25, 0.3) is 0 Å². The molecular formula is C20H17Cl2FO4. The first-order chi connectivity index (χ1) is 12.8. The number of Topliss-reactive ketones (excluding diaryl/α,β-unsaturated/α-hetero) is 1. The number of ketones is 1. The molecule has 1 N–H and O–H groups in total. The lowest BCUT2D eigenvalue weighted by molar-refractivity contribution is -0.137. The molecule has 0 amide bonds. The third kappa shape index (κ3) is 3.54. The van der Waals surface area contributed by atoms with E-state index < -0.39 is 17.2 Å². The van der Waals surface area contributed by atoms with Gasteiger partial charge in [-0.1, -0.05) is 41.4 Å². The summed E-state index contributed by atoms with van der Waals surface area (Å²) in [6.45, 7) is 1.84. The van der Waals surface area contributed by atoms with Crippen LogP contribution in [0.5, 0.6) is 5.75 Å². The normalized spacial score (nSPS) is 18.4.